The van der Waals surface area contributed by atoms with Crippen LogP contribution in [0.4, 0.5) is 5.69 Å². The van der Waals surface area contributed by atoms with Gasteiger partial charge < -0.3 is 10.0 Å². The van der Waals surface area contributed by atoms with E-state index in [1.807, 2.05) is 36.4 Å². The highest BCUT2D eigenvalue weighted by Gasteiger charge is 2.22. The number of nitrogens with zero attached hydrogens (tertiary/aromatic N) is 2. The third-order valence-corrected chi connectivity index (χ3v) is 3.97. The summed E-state index contributed by atoms with van der Waals surface area (Å²) in [5.74, 6) is -0.0643. The molecule has 0 saturated heterocycles. The van der Waals surface area contributed by atoms with Crippen LogP contribution in [0.2, 0.25) is 5.02 Å². The first kappa shape index (κ1) is 14.8. The van der Waals surface area contributed by atoms with E-state index in [2.05, 4.69) is 4.99 Å². The maximum Gasteiger partial charge on any atom is 0.248 e. The number of amides is 1. The number of hydrogen-bond donors (Lipinski definition) is 1. The number of benzene rings is 2. The molecule has 0 atom stereocenters. The Morgan fingerprint density at radius 3 is 2.64 bits per heavy atom. The smallest absolute Gasteiger partial charge is 0.248 e. The number of aliphatic imine (C=N–C) groups is 1. The molecule has 0 aromatic heterocycles. The Morgan fingerprint density at radius 2 is 1.95 bits per heavy atom. The van der Waals surface area contributed by atoms with Crippen molar-refractivity contribution < 1.29 is 9.90 Å². The largest absolute Gasteiger partial charge is 0.392 e. The van der Waals surface area contributed by atoms with Gasteiger partial charge >= 0.3 is 0 Å². The Balaban J connectivity index is 2.15. The summed E-state index contributed by atoms with van der Waals surface area (Å²) in [6.07, 6.45) is 0. The SMILES string of the molecule is CN1C(=O)CN=C(c2ccc(CO)cc2)c2cc(Cl)ccc21. The quantitative estimate of drug-likeness (QED) is 0.926. The van der Waals surface area contributed by atoms with Gasteiger partial charge in [-0.15, -0.1) is 0 Å². The van der Waals surface area contributed by atoms with Crippen molar-refractivity contribution in [3.05, 3.63) is 64.2 Å². The molecule has 1 heterocycles. The van der Waals surface area contributed by atoms with Gasteiger partial charge in [-0.1, -0.05) is 35.9 Å². The van der Waals surface area contributed by atoms with Crippen LogP contribution in [-0.2, 0) is 11.4 Å². The van der Waals surface area contributed by atoms with Crippen molar-refractivity contribution >= 4 is 28.9 Å². The van der Waals surface area contributed by atoms with E-state index < -0.39 is 0 Å². The average molecular weight is 315 g/mol. The Bertz CT molecular complexity index is 754. The van der Waals surface area contributed by atoms with Crippen LogP contribution in [-0.4, -0.2) is 30.3 Å². The molecular formula is C17H15ClN2O2. The zero-order valence-corrected chi connectivity index (χ0v) is 12.8. The molecule has 1 aliphatic rings. The van der Waals surface area contributed by atoms with Gasteiger partial charge in [-0.05, 0) is 23.8 Å². The monoisotopic (exact) mass is 314 g/mol. The van der Waals surface area contributed by atoms with Crippen molar-refractivity contribution in [2.75, 3.05) is 18.5 Å². The minimum Gasteiger partial charge on any atom is -0.392 e. The molecule has 2 aromatic carbocycles. The fourth-order valence-electron chi connectivity index (χ4n) is 2.48. The molecule has 4 nitrogen and oxygen atoms in total. The van der Waals surface area contributed by atoms with Gasteiger partial charge in [-0.2, -0.15) is 0 Å². The molecule has 0 fully saturated rings. The molecule has 0 spiro atoms. The molecule has 2 aromatic rings. The second kappa shape index (κ2) is 5.91. The summed E-state index contributed by atoms with van der Waals surface area (Å²) in [6, 6.07) is 12.9. The molecule has 0 radical (unpaired) electrons. The first-order valence-electron chi connectivity index (χ1n) is 6.91. The lowest BCUT2D eigenvalue weighted by atomic mass is 9.99. The van der Waals surface area contributed by atoms with E-state index in [0.29, 0.717) is 5.02 Å². The second-order valence-corrected chi connectivity index (χ2v) is 5.57. The van der Waals surface area contributed by atoms with Crippen LogP contribution in [0.1, 0.15) is 16.7 Å². The first-order valence-corrected chi connectivity index (χ1v) is 7.29. The molecule has 0 unspecified atom stereocenters. The van der Waals surface area contributed by atoms with E-state index in [4.69, 9.17) is 16.7 Å². The van der Waals surface area contributed by atoms with Crippen molar-refractivity contribution in [3.63, 3.8) is 0 Å². The number of benzodiazepines with no additional fused rings is 1. The van der Waals surface area contributed by atoms with Gasteiger partial charge in [0.25, 0.3) is 0 Å². The van der Waals surface area contributed by atoms with Gasteiger partial charge in [0.1, 0.15) is 6.54 Å². The van der Waals surface area contributed by atoms with Crippen LogP contribution in [0, 0.1) is 0 Å². The zero-order chi connectivity index (χ0) is 15.7. The highest BCUT2D eigenvalue weighted by Crippen LogP contribution is 2.28. The summed E-state index contributed by atoms with van der Waals surface area (Å²) in [4.78, 5) is 18.2. The Labute approximate surface area is 133 Å². The number of aliphatic hydroxyl groups is 1. The molecular weight excluding hydrogens is 300 g/mol. The van der Waals surface area contributed by atoms with Gasteiger partial charge in [0.05, 0.1) is 18.0 Å². The van der Waals surface area contributed by atoms with E-state index in [1.54, 1.807) is 18.0 Å². The van der Waals surface area contributed by atoms with Crippen LogP contribution >= 0.6 is 11.6 Å². The molecule has 22 heavy (non-hydrogen) atoms. The van der Waals surface area contributed by atoms with Gasteiger partial charge in [0.15, 0.2) is 0 Å². The topological polar surface area (TPSA) is 52.9 Å². The maximum absolute atomic E-state index is 12.1. The summed E-state index contributed by atoms with van der Waals surface area (Å²) in [5.41, 5.74) is 4.08. The van der Waals surface area contributed by atoms with Crippen LogP contribution in [0.3, 0.4) is 0 Å². The normalized spacial score (nSPS) is 14.4. The molecule has 1 amide bonds. The van der Waals surface area contributed by atoms with E-state index in [1.165, 1.54) is 0 Å². The van der Waals surface area contributed by atoms with Gasteiger partial charge in [-0.3, -0.25) is 9.79 Å². The summed E-state index contributed by atoms with van der Waals surface area (Å²) in [5, 5.41) is 9.75. The van der Waals surface area contributed by atoms with E-state index in [-0.39, 0.29) is 19.1 Å². The number of rotatable bonds is 2. The molecule has 0 bridgehead atoms. The number of likely N-dealkylation sites (N-methyl/N-ethyl adjacent to an activating group) is 1. The highest BCUT2D eigenvalue weighted by atomic mass is 35.5. The number of aliphatic hydroxyl groups excluding tert-OH is 1. The van der Waals surface area contributed by atoms with Crippen molar-refractivity contribution in [1.29, 1.82) is 0 Å². The number of anilines is 1. The third-order valence-electron chi connectivity index (χ3n) is 3.73. The fraction of sp³-hybridized carbons (Fsp3) is 0.176. The second-order valence-electron chi connectivity index (χ2n) is 5.13. The molecule has 112 valence electrons. The van der Waals surface area contributed by atoms with Crippen molar-refractivity contribution in [3.8, 4) is 0 Å². The van der Waals surface area contributed by atoms with Crippen molar-refractivity contribution in [2.24, 2.45) is 4.99 Å². The Kier molecular flexibility index (Phi) is 3.96. The summed E-state index contributed by atoms with van der Waals surface area (Å²) in [7, 11) is 1.74. The standard InChI is InChI=1S/C17H15ClN2O2/c1-20-15-7-6-13(18)8-14(15)17(19-9-16(20)22)12-4-2-11(10-21)3-5-12/h2-8,21H,9-10H2,1H3. The fourth-order valence-corrected chi connectivity index (χ4v) is 2.65. The highest BCUT2D eigenvalue weighted by molar-refractivity contribution is 6.32. The summed E-state index contributed by atoms with van der Waals surface area (Å²) < 4.78 is 0. The number of hydrogen-bond acceptors (Lipinski definition) is 3. The van der Waals surface area contributed by atoms with Crippen LogP contribution in [0.15, 0.2) is 47.5 Å². The third kappa shape index (κ3) is 2.63. The number of halogens is 1. The maximum atomic E-state index is 12.1. The lowest BCUT2D eigenvalue weighted by Crippen LogP contribution is -2.27. The zero-order valence-electron chi connectivity index (χ0n) is 12.1. The number of fused-ring (bicyclic) bond motifs is 1. The molecule has 3 rings (SSSR count). The molecule has 1 N–H and O–H groups in total. The minimum absolute atomic E-state index is 0.00358. The molecule has 5 heteroatoms. The predicted molar refractivity (Wildman–Crippen MR) is 87.7 cm³/mol. The van der Waals surface area contributed by atoms with E-state index >= 15 is 0 Å². The number of carbonyl (C=O) groups excluding carboxylic acids is 1. The van der Waals surface area contributed by atoms with Crippen molar-refractivity contribution in [1.82, 2.24) is 0 Å². The Morgan fingerprint density at radius 1 is 1.23 bits per heavy atom. The lowest BCUT2D eigenvalue weighted by molar-refractivity contribution is -0.116. The van der Waals surface area contributed by atoms with Crippen LogP contribution < -0.4 is 4.90 Å². The predicted octanol–water partition coefficient (Wildman–Crippen LogP) is 2.65. The summed E-state index contributed by atoms with van der Waals surface area (Å²) >= 11 is 6.12. The van der Waals surface area contributed by atoms with Crippen LogP contribution in [0.5, 0.6) is 0 Å². The minimum atomic E-state index is -0.0643. The average Bonchev–Trinajstić information content (AvgIpc) is 2.65. The van der Waals surface area contributed by atoms with E-state index in [0.717, 1.165) is 28.1 Å². The lowest BCUT2D eigenvalue weighted by Gasteiger charge is -2.18. The van der Waals surface area contributed by atoms with Gasteiger partial charge in [-0.25, -0.2) is 0 Å². The van der Waals surface area contributed by atoms with E-state index in [9.17, 15) is 4.79 Å². The molecule has 0 aliphatic carbocycles. The number of carbonyl (C=O) groups is 1. The van der Waals surface area contributed by atoms with Gasteiger partial charge in [0, 0.05) is 23.2 Å². The molecule has 0 saturated carbocycles. The summed E-state index contributed by atoms with van der Waals surface area (Å²) in [6.45, 7) is 0.0935. The molecule has 1 aliphatic heterocycles. The van der Waals surface area contributed by atoms with Crippen molar-refractivity contribution in [2.45, 2.75) is 6.61 Å². The first-order chi connectivity index (χ1) is 10.6. The van der Waals surface area contributed by atoms with Crippen LogP contribution in [0.25, 0.3) is 0 Å². The van der Waals surface area contributed by atoms with Gasteiger partial charge in [0.2, 0.25) is 5.91 Å². The Hall–Kier alpha value is -2.17.